The van der Waals surface area contributed by atoms with Crippen molar-refractivity contribution in [3.63, 3.8) is 0 Å². The molecule has 4 nitrogen and oxygen atoms in total. The van der Waals surface area contributed by atoms with Crippen molar-refractivity contribution < 1.29 is 4.79 Å². The lowest BCUT2D eigenvalue weighted by atomic mass is 10.1. The number of benzene rings is 1. The molecule has 1 amide bonds. The van der Waals surface area contributed by atoms with E-state index < -0.39 is 0 Å². The van der Waals surface area contributed by atoms with E-state index in [1.807, 2.05) is 32.0 Å². The van der Waals surface area contributed by atoms with Gasteiger partial charge in [0.1, 0.15) is 5.69 Å². The number of amides is 1. The van der Waals surface area contributed by atoms with Crippen LogP contribution in [0.4, 0.5) is 5.69 Å². The fourth-order valence-corrected chi connectivity index (χ4v) is 2.38. The van der Waals surface area contributed by atoms with Gasteiger partial charge in [-0.1, -0.05) is 18.2 Å². The summed E-state index contributed by atoms with van der Waals surface area (Å²) in [6.45, 7) is 3.95. The molecule has 1 N–H and O–H groups in total. The Hall–Kier alpha value is -1.62. The van der Waals surface area contributed by atoms with Gasteiger partial charge in [-0.3, -0.25) is 9.48 Å². The zero-order valence-corrected chi connectivity index (χ0v) is 12.1. The van der Waals surface area contributed by atoms with Crippen LogP contribution in [0.15, 0.2) is 28.9 Å². The molecule has 0 bridgehead atoms. The van der Waals surface area contributed by atoms with Crippen LogP contribution in [0, 0.1) is 13.8 Å². The molecule has 2 aromatic rings. The number of carbonyl (C=O) groups excluding carboxylic acids is 1. The van der Waals surface area contributed by atoms with Gasteiger partial charge in [0.25, 0.3) is 5.91 Å². The van der Waals surface area contributed by atoms with Crippen LogP contribution in [0.1, 0.15) is 21.6 Å². The number of nitrogens with one attached hydrogen (secondary N) is 1. The highest BCUT2D eigenvalue weighted by Gasteiger charge is 2.16. The summed E-state index contributed by atoms with van der Waals surface area (Å²) < 4.78 is 2.24. The summed E-state index contributed by atoms with van der Waals surface area (Å²) in [4.78, 5) is 12.2. The SMILES string of the molecule is Cc1cccc(C)c1NC(=O)c1c(Br)cnn1C. The molecule has 0 radical (unpaired) electrons. The van der Waals surface area contributed by atoms with Gasteiger partial charge in [0.2, 0.25) is 0 Å². The van der Waals surface area contributed by atoms with Gasteiger partial charge >= 0.3 is 0 Å². The standard InChI is InChI=1S/C13H14BrN3O/c1-8-5-4-6-9(2)11(8)16-13(18)12-10(14)7-15-17(12)3/h4-7H,1-3H3,(H,16,18). The highest BCUT2D eigenvalue weighted by atomic mass is 79.9. The van der Waals surface area contributed by atoms with E-state index in [1.54, 1.807) is 17.9 Å². The van der Waals surface area contributed by atoms with E-state index in [2.05, 4.69) is 26.3 Å². The van der Waals surface area contributed by atoms with E-state index >= 15 is 0 Å². The predicted octanol–water partition coefficient (Wildman–Crippen LogP) is 3.05. The van der Waals surface area contributed by atoms with Crippen molar-refractivity contribution in [2.24, 2.45) is 7.05 Å². The van der Waals surface area contributed by atoms with Crippen molar-refractivity contribution >= 4 is 27.5 Å². The Morgan fingerprint density at radius 1 is 1.33 bits per heavy atom. The van der Waals surface area contributed by atoms with Gasteiger partial charge in [-0.2, -0.15) is 5.10 Å². The van der Waals surface area contributed by atoms with Crippen molar-refractivity contribution in [2.75, 3.05) is 5.32 Å². The quantitative estimate of drug-likeness (QED) is 0.927. The Labute approximate surface area is 114 Å². The number of anilines is 1. The molecule has 1 heterocycles. The van der Waals surface area contributed by atoms with E-state index in [1.165, 1.54) is 0 Å². The molecular weight excluding hydrogens is 294 g/mol. The third-order valence-electron chi connectivity index (χ3n) is 2.83. The molecular formula is C13H14BrN3O. The normalized spacial score (nSPS) is 10.4. The molecule has 2 rings (SSSR count). The average Bonchev–Trinajstić information content (AvgIpc) is 2.64. The van der Waals surface area contributed by atoms with Gasteiger partial charge in [0.05, 0.1) is 10.7 Å². The third kappa shape index (κ3) is 2.31. The number of para-hydroxylation sites is 1. The molecule has 0 unspecified atom stereocenters. The van der Waals surface area contributed by atoms with Crippen LogP contribution < -0.4 is 5.32 Å². The molecule has 1 aromatic heterocycles. The Bertz CT molecular complexity index is 565. The maximum Gasteiger partial charge on any atom is 0.275 e. The summed E-state index contributed by atoms with van der Waals surface area (Å²) in [5.41, 5.74) is 3.46. The molecule has 0 spiro atoms. The van der Waals surface area contributed by atoms with Gasteiger partial charge in [-0.05, 0) is 40.9 Å². The molecule has 0 aliphatic carbocycles. The van der Waals surface area contributed by atoms with Gasteiger partial charge in [0.15, 0.2) is 0 Å². The van der Waals surface area contributed by atoms with Crippen LogP contribution in [-0.2, 0) is 7.05 Å². The monoisotopic (exact) mass is 307 g/mol. The fraction of sp³-hybridized carbons (Fsp3) is 0.231. The number of aryl methyl sites for hydroxylation is 3. The molecule has 0 aliphatic heterocycles. The van der Waals surface area contributed by atoms with Crippen molar-refractivity contribution in [1.29, 1.82) is 0 Å². The number of halogens is 1. The summed E-state index contributed by atoms with van der Waals surface area (Å²) in [7, 11) is 1.74. The largest absolute Gasteiger partial charge is 0.320 e. The molecule has 0 atom stereocenters. The molecule has 94 valence electrons. The first kappa shape index (κ1) is 12.8. The first-order valence-electron chi connectivity index (χ1n) is 5.55. The lowest BCUT2D eigenvalue weighted by molar-refractivity contribution is 0.101. The van der Waals surface area contributed by atoms with Crippen LogP contribution in [-0.4, -0.2) is 15.7 Å². The molecule has 0 fully saturated rings. The summed E-state index contributed by atoms with van der Waals surface area (Å²) >= 11 is 3.32. The number of hydrogen-bond donors (Lipinski definition) is 1. The Morgan fingerprint density at radius 3 is 2.44 bits per heavy atom. The van der Waals surface area contributed by atoms with Gasteiger partial charge in [0, 0.05) is 12.7 Å². The fourth-order valence-electron chi connectivity index (χ4n) is 1.85. The molecule has 18 heavy (non-hydrogen) atoms. The van der Waals surface area contributed by atoms with Gasteiger partial charge in [-0.15, -0.1) is 0 Å². The maximum absolute atomic E-state index is 12.2. The van der Waals surface area contributed by atoms with Gasteiger partial charge < -0.3 is 5.32 Å². The van der Waals surface area contributed by atoms with Crippen molar-refractivity contribution in [3.05, 3.63) is 45.7 Å². The summed E-state index contributed by atoms with van der Waals surface area (Å²) in [5.74, 6) is -0.167. The highest BCUT2D eigenvalue weighted by Crippen LogP contribution is 2.22. The van der Waals surface area contributed by atoms with Crippen LogP contribution in [0.5, 0.6) is 0 Å². The zero-order valence-electron chi connectivity index (χ0n) is 10.5. The van der Waals surface area contributed by atoms with E-state index in [-0.39, 0.29) is 5.91 Å². The Balaban J connectivity index is 2.33. The molecule has 0 saturated carbocycles. The first-order chi connectivity index (χ1) is 8.50. The predicted molar refractivity (Wildman–Crippen MR) is 74.8 cm³/mol. The average molecular weight is 308 g/mol. The minimum Gasteiger partial charge on any atom is -0.320 e. The number of carbonyl (C=O) groups is 1. The lowest BCUT2D eigenvalue weighted by Gasteiger charge is -2.11. The van der Waals surface area contributed by atoms with E-state index in [0.717, 1.165) is 16.8 Å². The third-order valence-corrected chi connectivity index (χ3v) is 3.41. The molecule has 0 saturated heterocycles. The van der Waals surface area contributed by atoms with Crippen molar-refractivity contribution in [1.82, 2.24) is 9.78 Å². The minimum atomic E-state index is -0.167. The first-order valence-corrected chi connectivity index (χ1v) is 6.35. The molecule has 1 aromatic carbocycles. The zero-order chi connectivity index (χ0) is 13.3. The number of hydrogen-bond acceptors (Lipinski definition) is 2. The second-order valence-electron chi connectivity index (χ2n) is 4.19. The topological polar surface area (TPSA) is 46.9 Å². The van der Waals surface area contributed by atoms with Crippen LogP contribution in [0.3, 0.4) is 0 Å². The van der Waals surface area contributed by atoms with Crippen molar-refractivity contribution in [2.45, 2.75) is 13.8 Å². The Morgan fingerprint density at radius 2 is 1.94 bits per heavy atom. The minimum absolute atomic E-state index is 0.167. The van der Waals surface area contributed by atoms with E-state index in [0.29, 0.717) is 10.2 Å². The smallest absolute Gasteiger partial charge is 0.275 e. The summed E-state index contributed by atoms with van der Waals surface area (Å²) in [6, 6.07) is 5.92. The highest BCUT2D eigenvalue weighted by molar-refractivity contribution is 9.10. The second kappa shape index (κ2) is 4.94. The number of rotatable bonds is 2. The number of nitrogens with zero attached hydrogens (tertiary/aromatic N) is 2. The summed E-state index contributed by atoms with van der Waals surface area (Å²) in [5, 5.41) is 6.97. The van der Waals surface area contributed by atoms with Crippen LogP contribution in [0.2, 0.25) is 0 Å². The van der Waals surface area contributed by atoms with E-state index in [4.69, 9.17) is 0 Å². The molecule has 5 heteroatoms. The molecule has 0 aliphatic rings. The lowest BCUT2D eigenvalue weighted by Crippen LogP contribution is -2.18. The second-order valence-corrected chi connectivity index (χ2v) is 5.04. The van der Waals surface area contributed by atoms with Crippen molar-refractivity contribution in [3.8, 4) is 0 Å². The maximum atomic E-state index is 12.2. The van der Waals surface area contributed by atoms with Crippen LogP contribution in [0.25, 0.3) is 0 Å². The van der Waals surface area contributed by atoms with E-state index in [9.17, 15) is 4.79 Å². The summed E-state index contributed by atoms with van der Waals surface area (Å²) in [6.07, 6.45) is 1.61. The Kier molecular flexibility index (Phi) is 3.52. The number of aromatic nitrogens is 2. The van der Waals surface area contributed by atoms with Gasteiger partial charge in [-0.25, -0.2) is 0 Å². The van der Waals surface area contributed by atoms with Crippen LogP contribution >= 0.6 is 15.9 Å².